The van der Waals surface area contributed by atoms with Crippen molar-refractivity contribution in [3.63, 3.8) is 0 Å². The molecule has 0 aliphatic carbocycles. The van der Waals surface area contributed by atoms with Gasteiger partial charge in [0.15, 0.2) is 0 Å². The van der Waals surface area contributed by atoms with Crippen LogP contribution in [0.2, 0.25) is 0 Å². The van der Waals surface area contributed by atoms with E-state index >= 15 is 0 Å². The first-order chi connectivity index (χ1) is 10.0. The van der Waals surface area contributed by atoms with Gasteiger partial charge in [0.25, 0.3) is 0 Å². The van der Waals surface area contributed by atoms with E-state index in [0.717, 1.165) is 45.3 Å². The second kappa shape index (κ2) is 9.78. The normalized spacial score (nSPS) is 17.6. The first kappa shape index (κ1) is 18.0. The van der Waals surface area contributed by atoms with Gasteiger partial charge in [-0.3, -0.25) is 9.69 Å². The standard InChI is InChI=1S/C18H31NO2/c1-5-21-18(20)17-10-13-19(14-11-17)12-9-16(4)8-6-7-15(2)3/h7,9,17H,5-6,8,10-14H2,1-4H3. The zero-order valence-electron chi connectivity index (χ0n) is 14.2. The minimum absolute atomic E-state index is 0.00871. The average molecular weight is 293 g/mol. The third-order valence-corrected chi connectivity index (χ3v) is 4.00. The van der Waals surface area contributed by atoms with Gasteiger partial charge in [-0.05, 0) is 66.5 Å². The second-order valence-electron chi connectivity index (χ2n) is 6.20. The molecule has 1 heterocycles. The summed E-state index contributed by atoms with van der Waals surface area (Å²) in [5, 5.41) is 0. The van der Waals surface area contributed by atoms with E-state index in [9.17, 15) is 4.79 Å². The van der Waals surface area contributed by atoms with E-state index in [1.54, 1.807) is 0 Å². The van der Waals surface area contributed by atoms with Gasteiger partial charge in [0.1, 0.15) is 0 Å². The van der Waals surface area contributed by atoms with Crippen LogP contribution in [0.1, 0.15) is 53.4 Å². The number of carbonyl (C=O) groups excluding carboxylic acids is 1. The molecule has 0 unspecified atom stereocenters. The Kier molecular flexibility index (Phi) is 8.36. The molecule has 1 saturated heterocycles. The Morgan fingerprint density at radius 1 is 1.19 bits per heavy atom. The predicted molar refractivity (Wildman–Crippen MR) is 88.2 cm³/mol. The van der Waals surface area contributed by atoms with Crippen LogP contribution in [0.25, 0.3) is 0 Å². The smallest absolute Gasteiger partial charge is 0.309 e. The third kappa shape index (κ3) is 7.47. The van der Waals surface area contributed by atoms with Crippen LogP contribution < -0.4 is 0 Å². The summed E-state index contributed by atoms with van der Waals surface area (Å²) in [4.78, 5) is 14.1. The Morgan fingerprint density at radius 3 is 2.43 bits per heavy atom. The molecule has 1 aliphatic heterocycles. The van der Waals surface area contributed by atoms with Gasteiger partial charge in [-0.1, -0.05) is 23.3 Å². The summed E-state index contributed by atoms with van der Waals surface area (Å²) in [5.41, 5.74) is 2.85. The fourth-order valence-electron chi connectivity index (χ4n) is 2.59. The fourth-order valence-corrected chi connectivity index (χ4v) is 2.59. The minimum Gasteiger partial charge on any atom is -0.466 e. The van der Waals surface area contributed by atoms with Gasteiger partial charge in [0.05, 0.1) is 12.5 Å². The Morgan fingerprint density at radius 2 is 1.86 bits per heavy atom. The number of piperidine rings is 1. The van der Waals surface area contributed by atoms with Crippen molar-refractivity contribution in [2.45, 2.75) is 53.4 Å². The molecule has 0 amide bonds. The van der Waals surface area contributed by atoms with Crippen LogP contribution in [-0.4, -0.2) is 37.1 Å². The molecule has 0 saturated carbocycles. The Balaban J connectivity index is 2.26. The summed E-state index contributed by atoms with van der Waals surface area (Å²) >= 11 is 0. The van der Waals surface area contributed by atoms with Crippen molar-refractivity contribution in [2.75, 3.05) is 26.2 Å². The first-order valence-corrected chi connectivity index (χ1v) is 8.21. The highest BCUT2D eigenvalue weighted by Gasteiger charge is 2.25. The zero-order chi connectivity index (χ0) is 15.7. The number of rotatable bonds is 7. The number of esters is 1. The van der Waals surface area contributed by atoms with Gasteiger partial charge in [0, 0.05) is 6.54 Å². The lowest BCUT2D eigenvalue weighted by Crippen LogP contribution is -2.37. The van der Waals surface area contributed by atoms with E-state index in [2.05, 4.69) is 37.8 Å². The Bertz CT molecular complexity index is 373. The van der Waals surface area contributed by atoms with Crippen molar-refractivity contribution >= 4 is 5.97 Å². The largest absolute Gasteiger partial charge is 0.466 e. The number of carbonyl (C=O) groups is 1. The van der Waals surface area contributed by atoms with Crippen LogP contribution in [0, 0.1) is 5.92 Å². The molecule has 0 aromatic rings. The highest BCUT2D eigenvalue weighted by Crippen LogP contribution is 2.19. The van der Waals surface area contributed by atoms with Crippen LogP contribution in [0.15, 0.2) is 23.3 Å². The van der Waals surface area contributed by atoms with E-state index in [0.29, 0.717) is 6.61 Å². The molecule has 0 bridgehead atoms. The quantitative estimate of drug-likeness (QED) is 0.526. The molecule has 0 aromatic heterocycles. The Labute approximate surface area is 130 Å². The van der Waals surface area contributed by atoms with E-state index in [4.69, 9.17) is 4.74 Å². The topological polar surface area (TPSA) is 29.5 Å². The molecule has 0 radical (unpaired) electrons. The highest BCUT2D eigenvalue weighted by atomic mass is 16.5. The summed E-state index contributed by atoms with van der Waals surface area (Å²) in [6.07, 6.45) is 8.78. The maximum absolute atomic E-state index is 11.7. The molecule has 3 nitrogen and oxygen atoms in total. The summed E-state index contributed by atoms with van der Waals surface area (Å²) < 4.78 is 5.10. The van der Waals surface area contributed by atoms with Crippen molar-refractivity contribution in [1.29, 1.82) is 0 Å². The zero-order valence-corrected chi connectivity index (χ0v) is 14.2. The van der Waals surface area contributed by atoms with E-state index in [1.807, 2.05) is 6.92 Å². The lowest BCUT2D eigenvalue weighted by Gasteiger charge is -2.30. The van der Waals surface area contributed by atoms with Crippen LogP contribution in [-0.2, 0) is 9.53 Å². The summed E-state index contributed by atoms with van der Waals surface area (Å²) in [6.45, 7) is 11.9. The lowest BCUT2D eigenvalue weighted by atomic mass is 9.97. The molecule has 3 heteroatoms. The van der Waals surface area contributed by atoms with Crippen molar-refractivity contribution in [3.8, 4) is 0 Å². The first-order valence-electron chi connectivity index (χ1n) is 8.21. The fraction of sp³-hybridized carbons (Fsp3) is 0.722. The van der Waals surface area contributed by atoms with Crippen LogP contribution in [0.4, 0.5) is 0 Å². The monoisotopic (exact) mass is 293 g/mol. The Hall–Kier alpha value is -1.09. The number of allylic oxidation sites excluding steroid dienone is 3. The van der Waals surface area contributed by atoms with Gasteiger partial charge >= 0.3 is 5.97 Å². The van der Waals surface area contributed by atoms with E-state index < -0.39 is 0 Å². The highest BCUT2D eigenvalue weighted by molar-refractivity contribution is 5.72. The summed E-state index contributed by atoms with van der Waals surface area (Å²) in [6, 6.07) is 0. The van der Waals surface area contributed by atoms with Gasteiger partial charge in [-0.25, -0.2) is 0 Å². The van der Waals surface area contributed by atoms with Crippen molar-refractivity contribution in [3.05, 3.63) is 23.3 Å². The number of likely N-dealkylation sites (tertiary alicyclic amines) is 1. The summed E-state index contributed by atoms with van der Waals surface area (Å²) in [5.74, 6) is 0.106. The molecule has 0 atom stereocenters. The number of ether oxygens (including phenoxy) is 1. The predicted octanol–water partition coefficient (Wildman–Crippen LogP) is 3.95. The van der Waals surface area contributed by atoms with Crippen molar-refractivity contribution in [2.24, 2.45) is 5.92 Å². The molecule has 0 spiro atoms. The van der Waals surface area contributed by atoms with Gasteiger partial charge < -0.3 is 4.74 Å². The van der Waals surface area contributed by atoms with Crippen LogP contribution in [0.3, 0.4) is 0 Å². The van der Waals surface area contributed by atoms with E-state index in [1.165, 1.54) is 11.1 Å². The maximum atomic E-state index is 11.7. The molecule has 0 aromatic carbocycles. The van der Waals surface area contributed by atoms with Crippen LogP contribution >= 0.6 is 0 Å². The second-order valence-corrected chi connectivity index (χ2v) is 6.20. The molecule has 0 N–H and O–H groups in total. The maximum Gasteiger partial charge on any atom is 0.309 e. The molecular formula is C18H31NO2. The molecule has 21 heavy (non-hydrogen) atoms. The van der Waals surface area contributed by atoms with Crippen molar-refractivity contribution in [1.82, 2.24) is 4.90 Å². The van der Waals surface area contributed by atoms with Gasteiger partial charge in [-0.15, -0.1) is 0 Å². The molecule has 120 valence electrons. The average Bonchev–Trinajstić information content (AvgIpc) is 2.45. The lowest BCUT2D eigenvalue weighted by molar-refractivity contribution is -0.149. The molecule has 1 aliphatic rings. The number of nitrogens with zero attached hydrogens (tertiary/aromatic N) is 1. The molecule has 1 fully saturated rings. The van der Waals surface area contributed by atoms with Gasteiger partial charge in [0.2, 0.25) is 0 Å². The minimum atomic E-state index is -0.00871. The third-order valence-electron chi connectivity index (χ3n) is 4.00. The van der Waals surface area contributed by atoms with Crippen LogP contribution in [0.5, 0.6) is 0 Å². The summed E-state index contributed by atoms with van der Waals surface area (Å²) in [7, 11) is 0. The molecular weight excluding hydrogens is 262 g/mol. The van der Waals surface area contributed by atoms with Crippen molar-refractivity contribution < 1.29 is 9.53 Å². The molecule has 1 rings (SSSR count). The number of hydrogen-bond donors (Lipinski definition) is 0. The van der Waals surface area contributed by atoms with E-state index in [-0.39, 0.29) is 11.9 Å². The number of hydrogen-bond acceptors (Lipinski definition) is 3. The van der Waals surface area contributed by atoms with Gasteiger partial charge in [-0.2, -0.15) is 0 Å². The SMILES string of the molecule is CCOC(=O)C1CCN(CC=C(C)CCC=C(C)C)CC1.